The van der Waals surface area contributed by atoms with E-state index in [1.54, 1.807) is 0 Å². The third-order valence-corrected chi connectivity index (χ3v) is 3.52. The Morgan fingerprint density at radius 1 is 1.47 bits per heavy atom. The van der Waals surface area contributed by atoms with Crippen LogP contribution in [0, 0.1) is 5.92 Å². The molecule has 0 spiro atoms. The van der Waals surface area contributed by atoms with Gasteiger partial charge in [-0.25, -0.2) is 0 Å². The second-order valence-electron chi connectivity index (χ2n) is 4.64. The highest BCUT2D eigenvalue weighted by Gasteiger charge is 2.49. The molecule has 2 N–H and O–H groups in total. The van der Waals surface area contributed by atoms with E-state index >= 15 is 0 Å². The molecule has 1 fully saturated rings. The first-order chi connectivity index (χ1) is 7.15. The lowest BCUT2D eigenvalue weighted by atomic mass is 10.0. The number of rotatable bonds is 3. The van der Waals surface area contributed by atoms with Crippen molar-refractivity contribution in [1.82, 2.24) is 0 Å². The van der Waals surface area contributed by atoms with Crippen LogP contribution in [0.2, 0.25) is 0 Å². The first-order valence-electron chi connectivity index (χ1n) is 5.68. The van der Waals surface area contributed by atoms with Crippen molar-refractivity contribution in [2.45, 2.75) is 32.2 Å². The van der Waals surface area contributed by atoms with Crippen molar-refractivity contribution in [2.24, 2.45) is 11.7 Å². The van der Waals surface area contributed by atoms with Crippen LogP contribution in [0.3, 0.4) is 0 Å². The molecule has 0 aliphatic heterocycles. The molecule has 1 nitrogen and oxygen atoms in total. The third kappa shape index (κ3) is 2.13. The smallest absolute Gasteiger partial charge is 0.0224 e. The molecule has 0 heterocycles. The van der Waals surface area contributed by atoms with Crippen LogP contribution >= 0.6 is 0 Å². The summed E-state index contributed by atoms with van der Waals surface area (Å²) in [6.45, 7) is 4.37. The Morgan fingerprint density at radius 3 is 2.67 bits per heavy atom. The molecule has 15 heavy (non-hydrogen) atoms. The minimum absolute atomic E-state index is 0.0926. The van der Waals surface area contributed by atoms with Gasteiger partial charge >= 0.3 is 0 Å². The molecule has 0 bridgehead atoms. The molecule has 0 aromatic heterocycles. The lowest BCUT2D eigenvalue weighted by molar-refractivity contribution is 0.608. The fourth-order valence-corrected chi connectivity index (χ4v) is 2.24. The van der Waals surface area contributed by atoms with E-state index in [4.69, 9.17) is 5.73 Å². The molecule has 1 aromatic carbocycles. The van der Waals surface area contributed by atoms with E-state index in [1.807, 2.05) is 6.07 Å². The van der Waals surface area contributed by atoms with Gasteiger partial charge < -0.3 is 5.73 Å². The molecule has 0 radical (unpaired) electrons. The maximum atomic E-state index is 6.20. The van der Waals surface area contributed by atoms with Gasteiger partial charge in [-0.05, 0) is 31.2 Å². The molecule has 0 amide bonds. The molecule has 1 aromatic rings. The highest BCUT2D eigenvalue weighted by Crippen LogP contribution is 2.48. The van der Waals surface area contributed by atoms with Crippen LogP contribution in [0.25, 0.3) is 6.08 Å². The average Bonchev–Trinajstić information content (AvgIpc) is 2.93. The molecular weight excluding hydrogens is 182 g/mol. The van der Waals surface area contributed by atoms with Gasteiger partial charge in [0.1, 0.15) is 0 Å². The summed E-state index contributed by atoms with van der Waals surface area (Å²) in [7, 11) is 0. The van der Waals surface area contributed by atoms with Crippen LogP contribution in [0.4, 0.5) is 0 Å². The molecule has 1 aliphatic rings. The summed E-state index contributed by atoms with van der Waals surface area (Å²) in [6.07, 6.45) is 4.49. The number of benzene rings is 1. The van der Waals surface area contributed by atoms with E-state index in [0.29, 0.717) is 5.92 Å². The highest BCUT2D eigenvalue weighted by molar-refractivity contribution is 5.54. The Morgan fingerprint density at radius 2 is 2.13 bits per heavy atom. The Labute approximate surface area is 92.0 Å². The zero-order valence-corrected chi connectivity index (χ0v) is 9.53. The zero-order valence-electron chi connectivity index (χ0n) is 9.53. The van der Waals surface area contributed by atoms with Crippen molar-refractivity contribution < 1.29 is 0 Å². The number of nitrogens with two attached hydrogens (primary N) is 1. The summed E-state index contributed by atoms with van der Waals surface area (Å²) >= 11 is 0. The van der Waals surface area contributed by atoms with Crippen molar-refractivity contribution in [3.8, 4) is 0 Å². The number of hydrogen-bond donors (Lipinski definition) is 1. The Bertz CT molecular complexity index is 366. The summed E-state index contributed by atoms with van der Waals surface area (Å²) < 4.78 is 0. The standard InChI is InChI=1S/C14H19N/c1-3-14(15)10-13(14)11(2)9-12-7-5-4-6-8-12/h4-9,13H,3,10,15H2,1-2H3/b11-9+. The van der Waals surface area contributed by atoms with Gasteiger partial charge in [-0.2, -0.15) is 0 Å². The van der Waals surface area contributed by atoms with Crippen molar-refractivity contribution in [3.05, 3.63) is 41.5 Å². The van der Waals surface area contributed by atoms with Gasteiger partial charge in [0.05, 0.1) is 0 Å². The van der Waals surface area contributed by atoms with Crippen LogP contribution in [0.15, 0.2) is 35.9 Å². The summed E-state index contributed by atoms with van der Waals surface area (Å²) in [4.78, 5) is 0. The molecule has 1 heteroatoms. The Balaban J connectivity index is 2.10. The van der Waals surface area contributed by atoms with E-state index in [-0.39, 0.29) is 5.54 Å². The summed E-state index contributed by atoms with van der Waals surface area (Å²) in [5, 5.41) is 0. The van der Waals surface area contributed by atoms with Crippen molar-refractivity contribution in [2.75, 3.05) is 0 Å². The summed E-state index contributed by atoms with van der Waals surface area (Å²) in [5.41, 5.74) is 9.00. The average molecular weight is 201 g/mol. The first kappa shape index (κ1) is 10.4. The van der Waals surface area contributed by atoms with Gasteiger partial charge in [-0.15, -0.1) is 0 Å². The Hall–Kier alpha value is -1.08. The molecule has 2 unspecified atom stereocenters. The van der Waals surface area contributed by atoms with Crippen LogP contribution < -0.4 is 5.73 Å². The largest absolute Gasteiger partial charge is 0.325 e. The monoisotopic (exact) mass is 201 g/mol. The fourth-order valence-electron chi connectivity index (χ4n) is 2.24. The van der Waals surface area contributed by atoms with Gasteiger partial charge in [0.25, 0.3) is 0 Å². The van der Waals surface area contributed by atoms with Crippen molar-refractivity contribution in [3.63, 3.8) is 0 Å². The predicted octanol–water partition coefficient (Wildman–Crippen LogP) is 3.22. The molecule has 1 saturated carbocycles. The quantitative estimate of drug-likeness (QED) is 0.798. The van der Waals surface area contributed by atoms with E-state index < -0.39 is 0 Å². The third-order valence-electron chi connectivity index (χ3n) is 3.52. The van der Waals surface area contributed by atoms with Crippen LogP contribution in [-0.4, -0.2) is 5.54 Å². The van der Waals surface area contributed by atoms with Crippen LogP contribution in [0.1, 0.15) is 32.3 Å². The topological polar surface area (TPSA) is 26.0 Å². The van der Waals surface area contributed by atoms with Gasteiger partial charge in [-0.1, -0.05) is 48.9 Å². The molecule has 1 aliphatic carbocycles. The first-order valence-corrected chi connectivity index (χ1v) is 5.68. The normalized spacial score (nSPS) is 30.3. The van der Waals surface area contributed by atoms with Crippen LogP contribution in [-0.2, 0) is 0 Å². The van der Waals surface area contributed by atoms with Crippen molar-refractivity contribution in [1.29, 1.82) is 0 Å². The van der Waals surface area contributed by atoms with Gasteiger partial charge in [-0.3, -0.25) is 0 Å². The fraction of sp³-hybridized carbons (Fsp3) is 0.429. The molecular formula is C14H19N. The van der Waals surface area contributed by atoms with Crippen molar-refractivity contribution >= 4 is 6.08 Å². The van der Waals surface area contributed by atoms with Crippen LogP contribution in [0.5, 0.6) is 0 Å². The molecule has 80 valence electrons. The summed E-state index contributed by atoms with van der Waals surface area (Å²) in [5.74, 6) is 0.600. The van der Waals surface area contributed by atoms with E-state index in [0.717, 1.165) is 12.8 Å². The Kier molecular flexibility index (Phi) is 2.66. The minimum atomic E-state index is 0.0926. The van der Waals surface area contributed by atoms with E-state index in [2.05, 4.69) is 44.2 Å². The SMILES string of the molecule is CCC1(N)CC1/C(C)=C/c1ccccc1. The van der Waals surface area contributed by atoms with Gasteiger partial charge in [0, 0.05) is 5.54 Å². The minimum Gasteiger partial charge on any atom is -0.325 e. The lowest BCUT2D eigenvalue weighted by Gasteiger charge is -2.07. The second-order valence-corrected chi connectivity index (χ2v) is 4.64. The second kappa shape index (κ2) is 3.82. The number of hydrogen-bond acceptors (Lipinski definition) is 1. The van der Waals surface area contributed by atoms with E-state index in [1.165, 1.54) is 11.1 Å². The molecule has 2 rings (SSSR count). The molecule has 0 saturated heterocycles. The maximum absolute atomic E-state index is 6.20. The molecule has 2 atom stereocenters. The highest BCUT2D eigenvalue weighted by atomic mass is 14.9. The predicted molar refractivity (Wildman–Crippen MR) is 65.4 cm³/mol. The maximum Gasteiger partial charge on any atom is 0.0224 e. The summed E-state index contributed by atoms with van der Waals surface area (Å²) in [6, 6.07) is 10.5. The zero-order chi connectivity index (χ0) is 10.9. The van der Waals surface area contributed by atoms with E-state index in [9.17, 15) is 0 Å². The van der Waals surface area contributed by atoms with Gasteiger partial charge in [0.15, 0.2) is 0 Å². The van der Waals surface area contributed by atoms with Gasteiger partial charge in [0.2, 0.25) is 0 Å². The lowest BCUT2D eigenvalue weighted by Crippen LogP contribution is -2.23.